The highest BCUT2D eigenvalue weighted by molar-refractivity contribution is 4.99. The van der Waals surface area contributed by atoms with Crippen LogP contribution in [0.2, 0.25) is 0 Å². The summed E-state index contributed by atoms with van der Waals surface area (Å²) in [7, 11) is 0. The molecule has 3 rings (SSSR count). The molecule has 14 heavy (non-hydrogen) atoms. The van der Waals surface area contributed by atoms with E-state index in [0.717, 1.165) is 37.3 Å². The molecule has 2 heteroatoms. The van der Waals surface area contributed by atoms with E-state index in [1.807, 2.05) is 0 Å². The largest absolute Gasteiger partial charge is 0.389 e. The van der Waals surface area contributed by atoms with E-state index in [1.165, 1.54) is 32.1 Å². The minimum absolute atomic E-state index is 0.354. The van der Waals surface area contributed by atoms with Crippen LogP contribution in [0.15, 0.2) is 0 Å². The summed E-state index contributed by atoms with van der Waals surface area (Å²) >= 11 is 0. The van der Waals surface area contributed by atoms with Crippen LogP contribution in [-0.2, 0) is 0 Å². The molecule has 0 aromatic rings. The highest BCUT2D eigenvalue weighted by atomic mass is 16.3. The number of hydrogen-bond acceptors (Lipinski definition) is 2. The molecule has 0 aromatic heterocycles. The van der Waals surface area contributed by atoms with E-state index in [1.54, 1.807) is 0 Å². The lowest BCUT2D eigenvalue weighted by Gasteiger charge is -2.25. The minimum atomic E-state index is -0.354. The number of rotatable bonds is 3. The molecule has 3 saturated carbocycles. The normalized spacial score (nSPS) is 43.9. The summed E-state index contributed by atoms with van der Waals surface area (Å²) in [5, 5.41) is 13.7. The predicted molar refractivity (Wildman–Crippen MR) is 56.0 cm³/mol. The maximum Gasteiger partial charge on any atom is 0.0771 e. The van der Waals surface area contributed by atoms with Gasteiger partial charge in [0.05, 0.1) is 5.60 Å². The first-order chi connectivity index (χ1) is 6.75. The van der Waals surface area contributed by atoms with Crippen molar-refractivity contribution >= 4 is 0 Å². The number of aliphatic hydroxyl groups is 1. The van der Waals surface area contributed by atoms with Crippen molar-refractivity contribution in [2.45, 2.75) is 56.6 Å². The van der Waals surface area contributed by atoms with Gasteiger partial charge in [0.15, 0.2) is 0 Å². The second-order valence-electron chi connectivity index (χ2n) is 5.74. The van der Waals surface area contributed by atoms with Crippen molar-refractivity contribution in [3.05, 3.63) is 0 Å². The van der Waals surface area contributed by atoms with Crippen LogP contribution in [0.25, 0.3) is 0 Å². The van der Waals surface area contributed by atoms with Gasteiger partial charge < -0.3 is 10.4 Å². The quantitative estimate of drug-likeness (QED) is 0.718. The van der Waals surface area contributed by atoms with E-state index in [0.29, 0.717) is 0 Å². The molecule has 0 bridgehead atoms. The molecule has 2 N–H and O–H groups in total. The van der Waals surface area contributed by atoms with Gasteiger partial charge in [0.25, 0.3) is 0 Å². The van der Waals surface area contributed by atoms with Crippen LogP contribution in [0.1, 0.15) is 44.9 Å². The van der Waals surface area contributed by atoms with Gasteiger partial charge in [0.2, 0.25) is 0 Å². The molecule has 2 nitrogen and oxygen atoms in total. The van der Waals surface area contributed by atoms with Crippen molar-refractivity contribution in [3.8, 4) is 0 Å². The maximum absolute atomic E-state index is 10.2. The van der Waals surface area contributed by atoms with Gasteiger partial charge in [-0.15, -0.1) is 0 Å². The number of fused-ring (bicyclic) bond motifs is 1. The average molecular weight is 195 g/mol. The second-order valence-corrected chi connectivity index (χ2v) is 5.74. The Balaban J connectivity index is 1.45. The van der Waals surface area contributed by atoms with Crippen LogP contribution in [0.5, 0.6) is 0 Å². The molecular weight excluding hydrogens is 174 g/mol. The van der Waals surface area contributed by atoms with Crippen LogP contribution < -0.4 is 5.32 Å². The lowest BCUT2D eigenvalue weighted by atomic mass is 10.0. The minimum Gasteiger partial charge on any atom is -0.389 e. The molecule has 0 saturated heterocycles. The van der Waals surface area contributed by atoms with Gasteiger partial charge in [-0.2, -0.15) is 0 Å². The monoisotopic (exact) mass is 195 g/mol. The van der Waals surface area contributed by atoms with Crippen LogP contribution in [0.3, 0.4) is 0 Å². The molecule has 0 heterocycles. The Morgan fingerprint density at radius 1 is 1.07 bits per heavy atom. The average Bonchev–Trinajstić information content (AvgIpc) is 2.65. The molecule has 80 valence electrons. The highest BCUT2D eigenvalue weighted by Crippen LogP contribution is 2.51. The first kappa shape index (κ1) is 9.17. The molecular formula is C12H21NO. The molecule has 0 aliphatic heterocycles. The number of hydrogen-bond donors (Lipinski definition) is 2. The zero-order chi connectivity index (χ0) is 9.60. The Labute approximate surface area is 86.1 Å². The SMILES string of the molecule is OC1(CNC2CC3CC3C2)CCCC1. The summed E-state index contributed by atoms with van der Waals surface area (Å²) in [6, 6.07) is 0.725. The molecule has 3 aliphatic carbocycles. The van der Waals surface area contributed by atoms with Gasteiger partial charge in [0, 0.05) is 12.6 Å². The summed E-state index contributed by atoms with van der Waals surface area (Å²) in [6.07, 6.45) is 8.70. The van der Waals surface area contributed by atoms with Gasteiger partial charge in [0.1, 0.15) is 0 Å². The number of nitrogens with one attached hydrogen (secondary N) is 1. The summed E-state index contributed by atoms with van der Waals surface area (Å²) < 4.78 is 0. The smallest absolute Gasteiger partial charge is 0.0771 e. The Morgan fingerprint density at radius 2 is 1.71 bits per heavy atom. The van der Waals surface area contributed by atoms with Gasteiger partial charge in [-0.05, 0) is 43.9 Å². The first-order valence-corrected chi connectivity index (χ1v) is 6.21. The van der Waals surface area contributed by atoms with Crippen LogP contribution in [0.4, 0.5) is 0 Å². The fourth-order valence-corrected chi connectivity index (χ4v) is 3.43. The topological polar surface area (TPSA) is 32.3 Å². The molecule has 3 fully saturated rings. The standard InChI is InChI=1S/C12H21NO/c14-12(3-1-2-4-12)8-13-11-6-9-5-10(9)7-11/h9-11,13-14H,1-8H2. The molecule has 0 aromatic carbocycles. The summed E-state index contributed by atoms with van der Waals surface area (Å²) in [4.78, 5) is 0. The van der Waals surface area contributed by atoms with Gasteiger partial charge in [-0.3, -0.25) is 0 Å². The van der Waals surface area contributed by atoms with Crippen LogP contribution in [-0.4, -0.2) is 23.3 Å². The third-order valence-corrected chi connectivity index (χ3v) is 4.50. The molecule has 0 amide bonds. The Bertz CT molecular complexity index is 212. The first-order valence-electron chi connectivity index (χ1n) is 6.21. The third-order valence-electron chi connectivity index (χ3n) is 4.50. The Morgan fingerprint density at radius 3 is 2.36 bits per heavy atom. The van der Waals surface area contributed by atoms with Crippen LogP contribution in [0, 0.1) is 11.8 Å². The molecule has 0 spiro atoms. The van der Waals surface area contributed by atoms with Gasteiger partial charge >= 0.3 is 0 Å². The summed E-state index contributed by atoms with van der Waals surface area (Å²) in [5.41, 5.74) is -0.354. The van der Waals surface area contributed by atoms with Crippen molar-refractivity contribution < 1.29 is 5.11 Å². The van der Waals surface area contributed by atoms with E-state index in [4.69, 9.17) is 0 Å². The van der Waals surface area contributed by atoms with Crippen molar-refractivity contribution in [3.63, 3.8) is 0 Å². The van der Waals surface area contributed by atoms with Gasteiger partial charge in [-0.1, -0.05) is 12.8 Å². The van der Waals surface area contributed by atoms with Crippen molar-refractivity contribution in [1.82, 2.24) is 5.32 Å². The van der Waals surface area contributed by atoms with E-state index >= 15 is 0 Å². The Hall–Kier alpha value is -0.0800. The third kappa shape index (κ3) is 1.70. The van der Waals surface area contributed by atoms with Crippen molar-refractivity contribution in [2.24, 2.45) is 11.8 Å². The Kier molecular flexibility index (Phi) is 2.10. The lowest BCUT2D eigenvalue weighted by Crippen LogP contribution is -2.42. The van der Waals surface area contributed by atoms with E-state index in [-0.39, 0.29) is 5.60 Å². The molecule has 2 unspecified atom stereocenters. The van der Waals surface area contributed by atoms with Crippen LogP contribution >= 0.6 is 0 Å². The fraction of sp³-hybridized carbons (Fsp3) is 1.00. The molecule has 0 radical (unpaired) electrons. The zero-order valence-corrected chi connectivity index (χ0v) is 8.84. The summed E-state index contributed by atoms with van der Waals surface area (Å²) in [6.45, 7) is 0.844. The highest BCUT2D eigenvalue weighted by Gasteiger charge is 2.46. The van der Waals surface area contributed by atoms with E-state index in [2.05, 4.69) is 5.32 Å². The second kappa shape index (κ2) is 3.21. The lowest BCUT2D eigenvalue weighted by molar-refractivity contribution is 0.0446. The zero-order valence-electron chi connectivity index (χ0n) is 8.84. The fourth-order valence-electron chi connectivity index (χ4n) is 3.43. The van der Waals surface area contributed by atoms with E-state index < -0.39 is 0 Å². The predicted octanol–water partition coefficient (Wildman–Crippen LogP) is 1.68. The van der Waals surface area contributed by atoms with Gasteiger partial charge in [-0.25, -0.2) is 0 Å². The molecule has 2 atom stereocenters. The van der Waals surface area contributed by atoms with Crippen molar-refractivity contribution in [2.75, 3.05) is 6.54 Å². The maximum atomic E-state index is 10.2. The van der Waals surface area contributed by atoms with Crippen molar-refractivity contribution in [1.29, 1.82) is 0 Å². The summed E-state index contributed by atoms with van der Waals surface area (Å²) in [5.74, 6) is 2.09. The van der Waals surface area contributed by atoms with E-state index in [9.17, 15) is 5.11 Å². The molecule has 3 aliphatic rings.